The fourth-order valence-electron chi connectivity index (χ4n) is 3.29. The zero-order chi connectivity index (χ0) is 23.4. The van der Waals surface area contributed by atoms with Crippen molar-refractivity contribution in [3.05, 3.63) is 71.4 Å². The zero-order valence-electron chi connectivity index (χ0n) is 18.3. The first-order valence-corrected chi connectivity index (χ1v) is 11.9. The Labute approximate surface area is 199 Å². The summed E-state index contributed by atoms with van der Waals surface area (Å²) in [5, 5.41) is 6.79. The topological polar surface area (TPSA) is 93.2 Å². The SMILES string of the molecule is COc1cccc(NC(=O)c2c(C)cc(C)nc2SCC(=O)Nc2nc3ccccc3s2)c1. The summed E-state index contributed by atoms with van der Waals surface area (Å²) in [5.41, 5.74) is 3.47. The maximum Gasteiger partial charge on any atom is 0.258 e. The van der Waals surface area contributed by atoms with Gasteiger partial charge in [0.05, 0.1) is 28.6 Å². The molecular weight excluding hydrogens is 456 g/mol. The number of ether oxygens (including phenoxy) is 1. The van der Waals surface area contributed by atoms with Gasteiger partial charge in [-0.1, -0.05) is 41.3 Å². The van der Waals surface area contributed by atoms with Gasteiger partial charge in [0, 0.05) is 17.4 Å². The molecule has 0 bridgehead atoms. The van der Waals surface area contributed by atoms with E-state index < -0.39 is 0 Å². The summed E-state index contributed by atoms with van der Waals surface area (Å²) in [4.78, 5) is 34.6. The third kappa shape index (κ3) is 5.50. The number of nitrogens with zero attached hydrogens (tertiary/aromatic N) is 2. The third-order valence-corrected chi connectivity index (χ3v) is 6.67. The van der Waals surface area contributed by atoms with Crippen molar-refractivity contribution in [1.29, 1.82) is 0 Å². The van der Waals surface area contributed by atoms with E-state index in [9.17, 15) is 9.59 Å². The van der Waals surface area contributed by atoms with Gasteiger partial charge in [-0.25, -0.2) is 9.97 Å². The molecule has 0 unspecified atom stereocenters. The molecule has 2 aromatic carbocycles. The van der Waals surface area contributed by atoms with Crippen LogP contribution in [-0.4, -0.2) is 34.6 Å². The van der Waals surface area contributed by atoms with Gasteiger partial charge >= 0.3 is 0 Å². The molecule has 4 rings (SSSR count). The molecule has 2 N–H and O–H groups in total. The highest BCUT2D eigenvalue weighted by atomic mass is 32.2. The lowest BCUT2D eigenvalue weighted by Gasteiger charge is -2.13. The highest BCUT2D eigenvalue weighted by Gasteiger charge is 2.19. The predicted molar refractivity (Wildman–Crippen MR) is 134 cm³/mol. The van der Waals surface area contributed by atoms with Crippen molar-refractivity contribution in [2.75, 3.05) is 23.5 Å². The molecule has 0 saturated heterocycles. The van der Waals surface area contributed by atoms with E-state index in [0.717, 1.165) is 21.5 Å². The molecule has 0 aliphatic carbocycles. The van der Waals surface area contributed by atoms with E-state index in [0.29, 0.717) is 27.2 Å². The molecule has 0 aliphatic heterocycles. The Morgan fingerprint density at radius 1 is 1.03 bits per heavy atom. The number of benzene rings is 2. The van der Waals surface area contributed by atoms with Crippen molar-refractivity contribution in [1.82, 2.24) is 9.97 Å². The molecule has 0 spiro atoms. The molecule has 0 radical (unpaired) electrons. The minimum absolute atomic E-state index is 0.102. The van der Waals surface area contributed by atoms with Gasteiger partial charge in [-0.05, 0) is 49.7 Å². The van der Waals surface area contributed by atoms with Crippen LogP contribution in [-0.2, 0) is 4.79 Å². The lowest BCUT2D eigenvalue weighted by atomic mass is 10.1. The van der Waals surface area contributed by atoms with Crippen LogP contribution in [0.2, 0.25) is 0 Å². The van der Waals surface area contributed by atoms with Crippen LogP contribution in [0.5, 0.6) is 5.75 Å². The summed E-state index contributed by atoms with van der Waals surface area (Å²) < 4.78 is 6.23. The van der Waals surface area contributed by atoms with E-state index in [1.165, 1.54) is 23.1 Å². The lowest BCUT2D eigenvalue weighted by molar-refractivity contribution is -0.113. The molecule has 0 atom stereocenters. The summed E-state index contributed by atoms with van der Waals surface area (Å²) >= 11 is 2.65. The van der Waals surface area contributed by atoms with Crippen LogP contribution in [0.25, 0.3) is 10.2 Å². The average molecular weight is 479 g/mol. The van der Waals surface area contributed by atoms with Gasteiger partial charge in [0.1, 0.15) is 10.8 Å². The van der Waals surface area contributed by atoms with Crippen LogP contribution >= 0.6 is 23.1 Å². The molecule has 168 valence electrons. The predicted octanol–water partition coefficient (Wildman–Crippen LogP) is 5.30. The van der Waals surface area contributed by atoms with E-state index in [-0.39, 0.29) is 17.6 Å². The Bertz CT molecular complexity index is 1300. The molecule has 33 heavy (non-hydrogen) atoms. The largest absolute Gasteiger partial charge is 0.497 e. The van der Waals surface area contributed by atoms with Crippen LogP contribution < -0.4 is 15.4 Å². The van der Waals surface area contributed by atoms with Gasteiger partial charge in [0.25, 0.3) is 5.91 Å². The number of thiazole rings is 1. The number of pyridine rings is 1. The van der Waals surface area contributed by atoms with Crippen molar-refractivity contribution < 1.29 is 14.3 Å². The second kappa shape index (κ2) is 10.0. The second-order valence-electron chi connectivity index (χ2n) is 7.27. The van der Waals surface area contributed by atoms with Gasteiger partial charge < -0.3 is 15.4 Å². The molecule has 2 amide bonds. The number of fused-ring (bicyclic) bond motifs is 1. The molecule has 9 heteroatoms. The molecular formula is C24H22N4O3S2. The summed E-state index contributed by atoms with van der Waals surface area (Å²) in [6, 6.07) is 16.7. The number of methoxy groups -OCH3 is 1. The van der Waals surface area contributed by atoms with Crippen molar-refractivity contribution >= 4 is 55.9 Å². The van der Waals surface area contributed by atoms with Crippen molar-refractivity contribution in [2.45, 2.75) is 18.9 Å². The quantitative estimate of drug-likeness (QED) is 0.350. The first-order valence-electron chi connectivity index (χ1n) is 10.1. The van der Waals surface area contributed by atoms with Crippen molar-refractivity contribution in [3.63, 3.8) is 0 Å². The van der Waals surface area contributed by atoms with Gasteiger partial charge in [0.15, 0.2) is 5.13 Å². The van der Waals surface area contributed by atoms with E-state index in [1.54, 1.807) is 31.4 Å². The number of hydrogen-bond acceptors (Lipinski definition) is 7. The van der Waals surface area contributed by atoms with Gasteiger partial charge in [0.2, 0.25) is 5.91 Å². The number of aryl methyl sites for hydroxylation is 2. The second-order valence-corrected chi connectivity index (χ2v) is 9.27. The lowest BCUT2D eigenvalue weighted by Crippen LogP contribution is -2.18. The third-order valence-electron chi connectivity index (χ3n) is 4.75. The fraction of sp³-hybridized carbons (Fsp3) is 0.167. The average Bonchev–Trinajstić information content (AvgIpc) is 3.19. The summed E-state index contributed by atoms with van der Waals surface area (Å²) in [6.45, 7) is 3.72. The Kier molecular flexibility index (Phi) is 6.90. The number of thioether (sulfide) groups is 1. The van der Waals surface area contributed by atoms with Crippen molar-refractivity contribution in [3.8, 4) is 5.75 Å². The standard InChI is InChI=1S/C24H22N4O3S2/c1-14-11-15(2)25-23(21(14)22(30)26-16-7-6-8-17(12-16)31-3)32-13-20(29)28-24-27-18-9-4-5-10-19(18)33-24/h4-12H,13H2,1-3H3,(H,26,30)(H,27,28,29). The fourth-order valence-corrected chi connectivity index (χ4v) is 5.12. The Balaban J connectivity index is 1.48. The van der Waals surface area contributed by atoms with Crippen LogP contribution in [0.1, 0.15) is 21.6 Å². The maximum atomic E-state index is 13.1. The number of rotatable bonds is 7. The number of anilines is 2. The van der Waals surface area contributed by atoms with Crippen LogP contribution in [0.15, 0.2) is 59.6 Å². The number of para-hydroxylation sites is 1. The molecule has 0 aliphatic rings. The number of hydrogen-bond donors (Lipinski definition) is 2. The van der Waals surface area contributed by atoms with Gasteiger partial charge in [-0.3, -0.25) is 9.59 Å². The van der Waals surface area contributed by atoms with E-state index in [2.05, 4.69) is 20.6 Å². The molecule has 4 aromatic rings. The molecule has 7 nitrogen and oxygen atoms in total. The summed E-state index contributed by atoms with van der Waals surface area (Å²) in [5.74, 6) is 0.250. The molecule has 2 heterocycles. The minimum atomic E-state index is -0.290. The number of amides is 2. The van der Waals surface area contributed by atoms with Crippen LogP contribution in [0, 0.1) is 13.8 Å². The summed E-state index contributed by atoms with van der Waals surface area (Å²) in [7, 11) is 1.57. The number of carbonyl (C=O) groups excluding carboxylic acids is 2. The minimum Gasteiger partial charge on any atom is -0.497 e. The highest BCUT2D eigenvalue weighted by molar-refractivity contribution is 8.00. The van der Waals surface area contributed by atoms with E-state index in [4.69, 9.17) is 4.74 Å². The van der Waals surface area contributed by atoms with Crippen LogP contribution in [0.3, 0.4) is 0 Å². The Hall–Kier alpha value is -3.43. The maximum absolute atomic E-state index is 13.1. The van der Waals surface area contributed by atoms with E-state index >= 15 is 0 Å². The number of carbonyl (C=O) groups is 2. The Morgan fingerprint density at radius 3 is 2.64 bits per heavy atom. The first kappa shape index (κ1) is 22.8. The van der Waals surface area contributed by atoms with Crippen LogP contribution in [0.4, 0.5) is 10.8 Å². The molecule has 0 saturated carbocycles. The zero-order valence-corrected chi connectivity index (χ0v) is 20.0. The Morgan fingerprint density at radius 2 is 1.85 bits per heavy atom. The van der Waals surface area contributed by atoms with Gasteiger partial charge in [-0.2, -0.15) is 0 Å². The number of aromatic nitrogens is 2. The van der Waals surface area contributed by atoms with E-state index in [1.807, 2.05) is 44.2 Å². The smallest absolute Gasteiger partial charge is 0.258 e. The van der Waals surface area contributed by atoms with Crippen molar-refractivity contribution in [2.24, 2.45) is 0 Å². The normalized spacial score (nSPS) is 10.8. The summed E-state index contributed by atoms with van der Waals surface area (Å²) in [6.07, 6.45) is 0. The monoisotopic (exact) mass is 478 g/mol. The number of nitrogens with one attached hydrogen (secondary N) is 2. The molecule has 2 aromatic heterocycles. The highest BCUT2D eigenvalue weighted by Crippen LogP contribution is 2.28. The first-order chi connectivity index (χ1) is 15.9. The van der Waals surface area contributed by atoms with Gasteiger partial charge in [-0.15, -0.1) is 0 Å². The molecule has 0 fully saturated rings.